The SMILES string of the molecule is CCCCC(C)(C)OC(=O)OCCCC1(C)c2cc(C3=CC=C(C(C)(C)c4ccccc4)C(N)/C3=N\S)ccc2-c2ccc(C(C)(C)c3ccccc3)cc21. The Morgan fingerprint density at radius 3 is 2.00 bits per heavy atom. The van der Waals surface area contributed by atoms with Gasteiger partial charge in [-0.05, 0) is 108 Å². The van der Waals surface area contributed by atoms with Crippen molar-refractivity contribution >= 4 is 30.3 Å². The van der Waals surface area contributed by atoms with E-state index in [0.717, 1.165) is 48.1 Å². The molecule has 0 saturated heterocycles. The van der Waals surface area contributed by atoms with E-state index in [4.69, 9.17) is 15.2 Å². The molecule has 0 radical (unpaired) electrons. The van der Waals surface area contributed by atoms with Crippen LogP contribution in [0.3, 0.4) is 0 Å². The van der Waals surface area contributed by atoms with Gasteiger partial charge in [0.25, 0.3) is 0 Å². The Bertz CT molecular complexity index is 2110. The predicted molar refractivity (Wildman–Crippen MR) is 232 cm³/mol. The monoisotopic (exact) mass is 754 g/mol. The average Bonchev–Trinajstić information content (AvgIpc) is 3.42. The third-order valence-electron chi connectivity index (χ3n) is 12.2. The summed E-state index contributed by atoms with van der Waals surface area (Å²) in [7, 11) is 0. The summed E-state index contributed by atoms with van der Waals surface area (Å²) in [6.07, 6.45) is 8.03. The molecule has 0 aliphatic heterocycles. The smallest absolute Gasteiger partial charge is 0.434 e. The fourth-order valence-electron chi connectivity index (χ4n) is 8.61. The highest BCUT2D eigenvalue weighted by atomic mass is 32.1. The lowest BCUT2D eigenvalue weighted by Crippen LogP contribution is -2.42. The maximum absolute atomic E-state index is 12.8. The van der Waals surface area contributed by atoms with Crippen molar-refractivity contribution in [1.29, 1.82) is 0 Å². The molecule has 0 bridgehead atoms. The Balaban J connectivity index is 1.36. The van der Waals surface area contributed by atoms with Crippen LogP contribution in [-0.2, 0) is 25.7 Å². The number of hydrogen-bond acceptors (Lipinski definition) is 6. The third kappa shape index (κ3) is 7.99. The van der Waals surface area contributed by atoms with Gasteiger partial charge in [0.15, 0.2) is 0 Å². The third-order valence-corrected chi connectivity index (χ3v) is 12.5. The fourth-order valence-corrected chi connectivity index (χ4v) is 8.84. The van der Waals surface area contributed by atoms with Gasteiger partial charge in [-0.25, -0.2) is 9.19 Å². The number of fused-ring (bicyclic) bond motifs is 3. The molecule has 4 aromatic rings. The molecule has 0 aromatic heterocycles. The molecule has 0 saturated carbocycles. The molecule has 4 aromatic carbocycles. The first-order valence-corrected chi connectivity index (χ1v) is 20.2. The van der Waals surface area contributed by atoms with E-state index >= 15 is 0 Å². The molecular formula is C49H58N2O3S. The second-order valence-corrected chi connectivity index (χ2v) is 17.4. The molecule has 0 amide bonds. The van der Waals surface area contributed by atoms with Crippen LogP contribution in [0.5, 0.6) is 0 Å². The largest absolute Gasteiger partial charge is 0.508 e. The number of allylic oxidation sites excluding steroid dienone is 2. The standard InChI is InChI=1S/C49H58N2O3S/c1-9-10-28-46(2,3)54-45(52)53-30-17-29-49(8)41-31-33(37-26-27-40(43(50)44(37)51-55)48(6,7)35-20-15-12-16-21-35)22-24-38(41)39-25-23-36(32-42(39)49)47(4,5)34-18-13-11-14-19-34/h11-16,18-27,31-32,43,55H,9-10,17,28-30,50H2,1-8H3/b51-44-. The number of hydrogen-bond donors (Lipinski definition) is 2. The van der Waals surface area contributed by atoms with E-state index < -0.39 is 17.8 Å². The van der Waals surface area contributed by atoms with Crippen molar-refractivity contribution in [2.75, 3.05) is 6.61 Å². The van der Waals surface area contributed by atoms with E-state index in [9.17, 15) is 4.79 Å². The van der Waals surface area contributed by atoms with Crippen LogP contribution in [0.4, 0.5) is 4.79 Å². The van der Waals surface area contributed by atoms with E-state index in [1.165, 1.54) is 38.9 Å². The van der Waals surface area contributed by atoms with Crippen molar-refractivity contribution in [1.82, 2.24) is 0 Å². The highest BCUT2D eigenvalue weighted by molar-refractivity contribution is 7.79. The van der Waals surface area contributed by atoms with Crippen molar-refractivity contribution in [2.24, 2.45) is 10.1 Å². The first-order valence-electron chi connectivity index (χ1n) is 19.8. The van der Waals surface area contributed by atoms with Gasteiger partial charge in [-0.15, -0.1) is 0 Å². The summed E-state index contributed by atoms with van der Waals surface area (Å²) in [4.78, 5) is 12.8. The molecule has 0 heterocycles. The van der Waals surface area contributed by atoms with Gasteiger partial charge in [-0.1, -0.05) is 151 Å². The molecular weight excluding hydrogens is 697 g/mol. The number of thiol groups is 1. The summed E-state index contributed by atoms with van der Waals surface area (Å²) in [6, 6.07) is 34.5. The Morgan fingerprint density at radius 1 is 0.782 bits per heavy atom. The van der Waals surface area contributed by atoms with Crippen molar-refractivity contribution in [3.8, 4) is 11.1 Å². The normalized spacial score (nSPS) is 19.0. The fraction of sp³-hybridized carbons (Fsp3) is 0.388. The zero-order valence-corrected chi connectivity index (χ0v) is 34.8. The van der Waals surface area contributed by atoms with Crippen molar-refractivity contribution in [3.63, 3.8) is 0 Å². The Labute approximate surface area is 334 Å². The van der Waals surface area contributed by atoms with Gasteiger partial charge < -0.3 is 15.2 Å². The van der Waals surface area contributed by atoms with Gasteiger partial charge in [0.1, 0.15) is 5.60 Å². The van der Waals surface area contributed by atoms with E-state index in [-0.39, 0.29) is 22.9 Å². The molecule has 55 heavy (non-hydrogen) atoms. The Hall–Kier alpha value is -4.39. The number of rotatable bonds is 13. The minimum Gasteiger partial charge on any atom is -0.434 e. The molecule has 2 unspecified atom stereocenters. The molecule has 2 N–H and O–H groups in total. The second kappa shape index (κ2) is 16.0. The van der Waals surface area contributed by atoms with Gasteiger partial charge >= 0.3 is 6.16 Å². The topological polar surface area (TPSA) is 73.9 Å². The van der Waals surface area contributed by atoms with Crippen molar-refractivity contribution in [3.05, 3.63) is 148 Å². The van der Waals surface area contributed by atoms with Gasteiger partial charge in [-0.3, -0.25) is 0 Å². The van der Waals surface area contributed by atoms with Crippen LogP contribution in [0, 0.1) is 0 Å². The van der Waals surface area contributed by atoms with Gasteiger partial charge in [0.2, 0.25) is 0 Å². The van der Waals surface area contributed by atoms with Gasteiger partial charge in [0, 0.05) is 21.8 Å². The zero-order chi connectivity index (χ0) is 39.6. The van der Waals surface area contributed by atoms with E-state index in [1.54, 1.807) is 0 Å². The maximum atomic E-state index is 12.8. The van der Waals surface area contributed by atoms with Crippen LogP contribution in [0.2, 0.25) is 0 Å². The number of nitrogens with two attached hydrogens (primary N) is 1. The first-order chi connectivity index (χ1) is 26.1. The molecule has 0 fully saturated rings. The maximum Gasteiger partial charge on any atom is 0.508 e. The number of carbonyl (C=O) groups is 1. The summed E-state index contributed by atoms with van der Waals surface area (Å²) in [5.41, 5.74) is 18.2. The zero-order valence-electron chi connectivity index (χ0n) is 33.9. The average molecular weight is 755 g/mol. The molecule has 0 spiro atoms. The van der Waals surface area contributed by atoms with Gasteiger partial charge in [0.05, 0.1) is 18.4 Å². The molecule has 6 heteroatoms. The van der Waals surface area contributed by atoms with Gasteiger partial charge in [-0.2, -0.15) is 0 Å². The van der Waals surface area contributed by atoms with Crippen LogP contribution in [-0.4, -0.2) is 30.1 Å². The van der Waals surface area contributed by atoms with Crippen LogP contribution < -0.4 is 5.73 Å². The minimum absolute atomic E-state index is 0.201. The summed E-state index contributed by atoms with van der Waals surface area (Å²) < 4.78 is 15.9. The molecule has 6 rings (SSSR count). The number of benzene rings is 4. The number of carbonyl (C=O) groups excluding carboxylic acids is 1. The van der Waals surface area contributed by atoms with Crippen molar-refractivity contribution < 1.29 is 14.3 Å². The highest BCUT2D eigenvalue weighted by Gasteiger charge is 2.41. The Morgan fingerprint density at radius 2 is 1.38 bits per heavy atom. The lowest BCUT2D eigenvalue weighted by Gasteiger charge is -2.35. The van der Waals surface area contributed by atoms with E-state index in [1.807, 2.05) is 19.9 Å². The van der Waals surface area contributed by atoms with Crippen LogP contribution in [0.25, 0.3) is 16.7 Å². The van der Waals surface area contributed by atoms with Crippen LogP contribution in [0.15, 0.2) is 119 Å². The minimum atomic E-state index is -0.602. The highest BCUT2D eigenvalue weighted by Crippen LogP contribution is 2.53. The van der Waals surface area contributed by atoms with E-state index in [0.29, 0.717) is 6.42 Å². The molecule has 2 aliphatic rings. The number of nitrogens with zero attached hydrogens (tertiary/aromatic N) is 1. The quantitative estimate of drug-likeness (QED) is 0.0810. The Kier molecular flexibility index (Phi) is 11.7. The molecule has 288 valence electrons. The van der Waals surface area contributed by atoms with E-state index in [2.05, 4.69) is 162 Å². The number of unbranched alkanes of at least 4 members (excludes halogenated alkanes) is 1. The molecule has 2 aliphatic carbocycles. The van der Waals surface area contributed by atoms with Crippen LogP contribution >= 0.6 is 12.8 Å². The summed E-state index contributed by atoms with van der Waals surface area (Å²) in [5, 5.41) is 0. The molecule has 5 nitrogen and oxygen atoms in total. The van der Waals surface area contributed by atoms with Crippen LogP contribution in [0.1, 0.15) is 121 Å². The summed E-state index contributed by atoms with van der Waals surface area (Å²) in [5.74, 6) is 0. The number of ether oxygens (including phenoxy) is 2. The van der Waals surface area contributed by atoms with Crippen molar-refractivity contribution in [2.45, 2.75) is 115 Å². The molecule has 2 atom stereocenters. The first kappa shape index (κ1) is 40.3. The predicted octanol–water partition coefficient (Wildman–Crippen LogP) is 12.1. The summed E-state index contributed by atoms with van der Waals surface area (Å²) >= 11 is 4.48. The second-order valence-electron chi connectivity index (χ2n) is 17.2. The summed E-state index contributed by atoms with van der Waals surface area (Å²) in [6.45, 7) is 17.7. The lowest BCUT2D eigenvalue weighted by molar-refractivity contribution is -0.0219. The lowest BCUT2D eigenvalue weighted by atomic mass is 9.70.